The number of ether oxygens (including phenoxy) is 1. The first kappa shape index (κ1) is 16.7. The van der Waals surface area contributed by atoms with Crippen LogP contribution < -0.4 is 0 Å². The lowest BCUT2D eigenvalue weighted by molar-refractivity contribution is -0.148. The average molecular weight is 256 g/mol. The second-order valence-electron chi connectivity index (χ2n) is 5.03. The van der Waals surface area contributed by atoms with Crippen LogP contribution >= 0.6 is 0 Å². The summed E-state index contributed by atoms with van der Waals surface area (Å²) in [4.78, 5) is 17.2. The van der Waals surface area contributed by atoms with Crippen LogP contribution in [0.25, 0.3) is 0 Å². The molecule has 0 spiro atoms. The third-order valence-corrected chi connectivity index (χ3v) is 1.99. The molecule has 18 heavy (non-hydrogen) atoms. The van der Waals surface area contributed by atoms with E-state index in [4.69, 9.17) is 14.8 Å². The van der Waals surface area contributed by atoms with Crippen molar-refractivity contribution in [1.82, 2.24) is 5.06 Å². The molecule has 0 aromatic heterocycles. The zero-order valence-electron chi connectivity index (χ0n) is 11.9. The molecule has 0 aliphatic rings. The fourth-order valence-electron chi connectivity index (χ4n) is 1.14. The number of hydrogen-bond donors (Lipinski definition) is 0. The third-order valence-electron chi connectivity index (χ3n) is 1.99. The Hall–Kier alpha value is -1.28. The Morgan fingerprint density at radius 1 is 1.33 bits per heavy atom. The predicted octanol–water partition coefficient (Wildman–Crippen LogP) is 3.26. The molecular formula is C13H24N2O3. The van der Waals surface area contributed by atoms with Gasteiger partial charge in [0.15, 0.2) is 0 Å². The minimum atomic E-state index is -0.543. The lowest BCUT2D eigenvalue weighted by atomic mass is 10.2. The van der Waals surface area contributed by atoms with E-state index < -0.39 is 11.7 Å². The zero-order chi connectivity index (χ0) is 14.0. The van der Waals surface area contributed by atoms with Crippen molar-refractivity contribution >= 4 is 6.09 Å². The molecule has 0 unspecified atom stereocenters. The highest BCUT2D eigenvalue weighted by Crippen LogP contribution is 2.11. The van der Waals surface area contributed by atoms with E-state index in [2.05, 4.69) is 6.92 Å². The maximum Gasteiger partial charge on any atom is 0.434 e. The minimum Gasteiger partial charge on any atom is -0.442 e. The summed E-state index contributed by atoms with van der Waals surface area (Å²) >= 11 is 0. The maximum absolute atomic E-state index is 11.8. The van der Waals surface area contributed by atoms with Crippen molar-refractivity contribution < 1.29 is 14.4 Å². The number of hydrogen-bond acceptors (Lipinski definition) is 4. The molecular weight excluding hydrogens is 232 g/mol. The molecule has 0 rings (SSSR count). The zero-order valence-corrected chi connectivity index (χ0v) is 11.9. The average Bonchev–Trinajstić information content (AvgIpc) is 2.25. The van der Waals surface area contributed by atoms with Crippen LogP contribution in [0, 0.1) is 11.3 Å². The standard InChI is InChI=1S/C13H24N2O3/c1-5-6-11-17-15(10-8-7-9-14)12(16)18-13(2,3)4/h5-8,10-11H2,1-4H3. The molecule has 0 aliphatic carbocycles. The molecule has 0 atom stereocenters. The highest BCUT2D eigenvalue weighted by atomic mass is 16.7. The number of carbonyl (C=O) groups excluding carboxylic acids is 1. The van der Waals surface area contributed by atoms with Gasteiger partial charge in [-0.15, -0.1) is 0 Å². The van der Waals surface area contributed by atoms with Crippen molar-refractivity contribution in [1.29, 1.82) is 5.26 Å². The molecule has 0 radical (unpaired) electrons. The van der Waals surface area contributed by atoms with Gasteiger partial charge < -0.3 is 4.74 Å². The van der Waals surface area contributed by atoms with Crippen molar-refractivity contribution in [2.45, 2.75) is 59.0 Å². The number of rotatable bonds is 7. The summed E-state index contributed by atoms with van der Waals surface area (Å²) in [5, 5.41) is 9.71. The van der Waals surface area contributed by atoms with Crippen LogP contribution in [0.2, 0.25) is 0 Å². The van der Waals surface area contributed by atoms with E-state index in [9.17, 15) is 4.79 Å². The van der Waals surface area contributed by atoms with Crippen LogP contribution in [0.5, 0.6) is 0 Å². The number of amides is 1. The van der Waals surface area contributed by atoms with Gasteiger partial charge in [-0.3, -0.25) is 4.84 Å². The predicted molar refractivity (Wildman–Crippen MR) is 68.6 cm³/mol. The Kier molecular flexibility index (Phi) is 8.14. The second kappa shape index (κ2) is 8.76. The van der Waals surface area contributed by atoms with E-state index >= 15 is 0 Å². The van der Waals surface area contributed by atoms with Gasteiger partial charge in [0.2, 0.25) is 0 Å². The first-order valence-electron chi connectivity index (χ1n) is 6.41. The molecule has 104 valence electrons. The summed E-state index contributed by atoms with van der Waals surface area (Å²) < 4.78 is 5.24. The van der Waals surface area contributed by atoms with Crippen LogP contribution in [0.4, 0.5) is 4.79 Å². The van der Waals surface area contributed by atoms with E-state index in [-0.39, 0.29) is 0 Å². The van der Waals surface area contributed by atoms with Gasteiger partial charge in [0.1, 0.15) is 5.60 Å². The molecule has 5 nitrogen and oxygen atoms in total. The highest BCUT2D eigenvalue weighted by molar-refractivity contribution is 5.66. The first-order chi connectivity index (χ1) is 8.40. The fourth-order valence-corrected chi connectivity index (χ4v) is 1.14. The van der Waals surface area contributed by atoms with Gasteiger partial charge in [-0.25, -0.2) is 4.79 Å². The third kappa shape index (κ3) is 8.82. The van der Waals surface area contributed by atoms with Crippen LogP contribution in [-0.4, -0.2) is 29.9 Å². The number of carbonyl (C=O) groups is 1. The van der Waals surface area contributed by atoms with Crippen LogP contribution in [0.15, 0.2) is 0 Å². The largest absolute Gasteiger partial charge is 0.442 e. The molecule has 1 amide bonds. The monoisotopic (exact) mass is 256 g/mol. The fraction of sp³-hybridized carbons (Fsp3) is 0.846. The summed E-state index contributed by atoms with van der Waals surface area (Å²) in [5.74, 6) is 0. The molecule has 0 aromatic rings. The summed E-state index contributed by atoms with van der Waals surface area (Å²) in [6.45, 7) is 8.35. The van der Waals surface area contributed by atoms with Gasteiger partial charge in [-0.1, -0.05) is 13.3 Å². The van der Waals surface area contributed by atoms with Gasteiger partial charge >= 0.3 is 6.09 Å². The van der Waals surface area contributed by atoms with E-state index in [0.717, 1.165) is 12.8 Å². The van der Waals surface area contributed by atoms with E-state index in [1.807, 2.05) is 26.8 Å². The van der Waals surface area contributed by atoms with Gasteiger partial charge in [0, 0.05) is 6.42 Å². The Morgan fingerprint density at radius 2 is 2.00 bits per heavy atom. The van der Waals surface area contributed by atoms with Gasteiger partial charge in [-0.2, -0.15) is 10.3 Å². The first-order valence-corrected chi connectivity index (χ1v) is 6.41. The van der Waals surface area contributed by atoms with Crippen molar-refractivity contribution in [3.05, 3.63) is 0 Å². The summed E-state index contributed by atoms with van der Waals surface area (Å²) in [7, 11) is 0. The second-order valence-corrected chi connectivity index (χ2v) is 5.03. The van der Waals surface area contributed by atoms with Crippen LogP contribution in [0.3, 0.4) is 0 Å². The van der Waals surface area contributed by atoms with E-state index in [1.54, 1.807) is 0 Å². The molecule has 0 fully saturated rings. The van der Waals surface area contributed by atoms with Gasteiger partial charge in [0.05, 0.1) is 19.2 Å². The van der Waals surface area contributed by atoms with E-state index in [0.29, 0.717) is 26.0 Å². The highest BCUT2D eigenvalue weighted by Gasteiger charge is 2.22. The Balaban J connectivity index is 4.25. The van der Waals surface area contributed by atoms with E-state index in [1.165, 1.54) is 5.06 Å². The maximum atomic E-state index is 11.8. The van der Waals surface area contributed by atoms with Crippen molar-refractivity contribution in [2.24, 2.45) is 0 Å². The van der Waals surface area contributed by atoms with Crippen molar-refractivity contribution in [3.63, 3.8) is 0 Å². The molecule has 0 aliphatic heterocycles. The van der Waals surface area contributed by atoms with Gasteiger partial charge in [0.25, 0.3) is 0 Å². The molecule has 0 heterocycles. The summed E-state index contributed by atoms with van der Waals surface area (Å²) in [5.41, 5.74) is -0.543. The summed E-state index contributed by atoms with van der Waals surface area (Å²) in [6.07, 6.45) is 2.38. The van der Waals surface area contributed by atoms with Crippen LogP contribution in [-0.2, 0) is 9.57 Å². The van der Waals surface area contributed by atoms with Crippen LogP contribution in [0.1, 0.15) is 53.4 Å². The molecule has 5 heteroatoms. The Labute approximate surface area is 110 Å². The Morgan fingerprint density at radius 3 is 2.50 bits per heavy atom. The quantitative estimate of drug-likeness (QED) is 0.518. The molecule has 0 saturated heterocycles. The number of hydroxylamine groups is 2. The topological polar surface area (TPSA) is 62.6 Å². The number of unbranched alkanes of at least 4 members (excludes halogenated alkanes) is 2. The summed E-state index contributed by atoms with van der Waals surface area (Å²) in [6, 6.07) is 2.04. The minimum absolute atomic E-state index is 0.381. The lowest BCUT2D eigenvalue weighted by Crippen LogP contribution is -2.37. The Bertz CT molecular complexity index is 279. The van der Waals surface area contributed by atoms with Gasteiger partial charge in [-0.05, 0) is 33.6 Å². The molecule has 0 N–H and O–H groups in total. The molecule has 0 bridgehead atoms. The molecule has 0 saturated carbocycles. The lowest BCUT2D eigenvalue weighted by Gasteiger charge is -2.26. The number of nitrogens with zero attached hydrogens (tertiary/aromatic N) is 2. The smallest absolute Gasteiger partial charge is 0.434 e. The SMILES string of the molecule is CCCCON(CCCC#N)C(=O)OC(C)(C)C. The van der Waals surface area contributed by atoms with Crippen molar-refractivity contribution in [3.8, 4) is 6.07 Å². The number of nitriles is 1. The molecule has 0 aromatic carbocycles. The normalized spacial score (nSPS) is 10.8. The van der Waals surface area contributed by atoms with Crippen molar-refractivity contribution in [2.75, 3.05) is 13.2 Å².